The van der Waals surface area contributed by atoms with Crippen LogP contribution in [0.3, 0.4) is 0 Å². The van der Waals surface area contributed by atoms with Gasteiger partial charge in [0, 0.05) is 5.69 Å². The molecule has 1 atom stereocenters. The van der Waals surface area contributed by atoms with Gasteiger partial charge in [-0.25, -0.2) is 4.79 Å². The topological polar surface area (TPSA) is 92.4 Å². The first-order valence-electron chi connectivity index (χ1n) is 6.36. The minimum atomic E-state index is -1.01. The molecule has 19 heavy (non-hydrogen) atoms. The fraction of sp³-hybridized carbons (Fsp3) is 0.429. The number of nitrogens with one attached hydrogen (secondary N) is 1. The highest BCUT2D eigenvalue weighted by Gasteiger charge is 2.14. The minimum absolute atomic E-state index is 0.180. The third-order valence-corrected chi connectivity index (χ3v) is 2.94. The maximum absolute atomic E-state index is 11.8. The van der Waals surface area contributed by atoms with E-state index in [1.807, 2.05) is 6.92 Å². The summed E-state index contributed by atoms with van der Waals surface area (Å²) in [7, 11) is 0. The van der Waals surface area contributed by atoms with E-state index in [1.165, 1.54) is 6.07 Å². The third kappa shape index (κ3) is 4.37. The largest absolute Gasteiger partial charge is 0.478 e. The molecule has 5 nitrogen and oxygen atoms in total. The number of aryl methyl sites for hydroxylation is 1. The maximum atomic E-state index is 11.8. The lowest BCUT2D eigenvalue weighted by Crippen LogP contribution is -2.35. The van der Waals surface area contributed by atoms with Gasteiger partial charge in [0.05, 0.1) is 11.6 Å². The van der Waals surface area contributed by atoms with Gasteiger partial charge in [0.2, 0.25) is 5.91 Å². The number of carbonyl (C=O) groups is 2. The predicted molar refractivity (Wildman–Crippen MR) is 74.3 cm³/mol. The smallest absolute Gasteiger partial charge is 0.336 e. The summed E-state index contributed by atoms with van der Waals surface area (Å²) in [6, 6.07) is 4.22. The molecule has 104 valence electrons. The zero-order valence-electron chi connectivity index (χ0n) is 11.3. The molecule has 1 unspecified atom stereocenters. The summed E-state index contributed by atoms with van der Waals surface area (Å²) >= 11 is 0. The Morgan fingerprint density at radius 3 is 2.68 bits per heavy atom. The van der Waals surface area contributed by atoms with Crippen molar-refractivity contribution in [2.45, 2.75) is 39.2 Å². The number of unbranched alkanes of at least 4 members (excludes halogenated alkanes) is 1. The van der Waals surface area contributed by atoms with Gasteiger partial charge in [-0.05, 0) is 31.0 Å². The van der Waals surface area contributed by atoms with Crippen LogP contribution in [0, 0.1) is 6.92 Å². The van der Waals surface area contributed by atoms with Crippen LogP contribution in [0.4, 0.5) is 5.69 Å². The summed E-state index contributed by atoms with van der Waals surface area (Å²) in [5.41, 5.74) is 7.04. The maximum Gasteiger partial charge on any atom is 0.336 e. The average Bonchev–Trinajstić information content (AvgIpc) is 2.37. The van der Waals surface area contributed by atoms with E-state index in [2.05, 4.69) is 5.32 Å². The van der Waals surface area contributed by atoms with Crippen LogP contribution in [0.5, 0.6) is 0 Å². The fourth-order valence-electron chi connectivity index (χ4n) is 1.72. The number of rotatable bonds is 6. The van der Waals surface area contributed by atoms with Crippen molar-refractivity contribution in [2.24, 2.45) is 5.73 Å². The number of carboxylic acids is 1. The van der Waals surface area contributed by atoms with Crippen LogP contribution in [-0.4, -0.2) is 23.0 Å². The van der Waals surface area contributed by atoms with Gasteiger partial charge in [0.25, 0.3) is 0 Å². The van der Waals surface area contributed by atoms with E-state index in [9.17, 15) is 9.59 Å². The zero-order valence-corrected chi connectivity index (χ0v) is 11.3. The quantitative estimate of drug-likeness (QED) is 0.734. The van der Waals surface area contributed by atoms with Gasteiger partial charge in [-0.1, -0.05) is 25.8 Å². The highest BCUT2D eigenvalue weighted by Crippen LogP contribution is 2.16. The van der Waals surface area contributed by atoms with Gasteiger partial charge < -0.3 is 16.2 Å². The monoisotopic (exact) mass is 264 g/mol. The zero-order chi connectivity index (χ0) is 14.4. The molecular formula is C14H20N2O3. The van der Waals surface area contributed by atoms with Crippen molar-refractivity contribution in [2.75, 3.05) is 5.32 Å². The van der Waals surface area contributed by atoms with Gasteiger partial charge in [-0.15, -0.1) is 0 Å². The van der Waals surface area contributed by atoms with Crippen molar-refractivity contribution in [1.29, 1.82) is 0 Å². The Morgan fingerprint density at radius 2 is 2.11 bits per heavy atom. The molecule has 4 N–H and O–H groups in total. The van der Waals surface area contributed by atoms with Crippen LogP contribution in [-0.2, 0) is 4.79 Å². The van der Waals surface area contributed by atoms with Crippen molar-refractivity contribution in [3.05, 3.63) is 29.3 Å². The summed E-state index contributed by atoms with van der Waals surface area (Å²) in [6.45, 7) is 3.74. The van der Waals surface area contributed by atoms with Gasteiger partial charge in [-0.3, -0.25) is 4.79 Å². The Morgan fingerprint density at radius 1 is 1.42 bits per heavy atom. The van der Waals surface area contributed by atoms with Crippen LogP contribution >= 0.6 is 0 Å². The average molecular weight is 264 g/mol. The second-order valence-electron chi connectivity index (χ2n) is 4.57. The standard InChI is InChI=1S/C14H20N2O3/c1-3-4-5-12(15)13(17)16-10-7-6-9(2)11(8-10)14(18)19/h6-8,12H,3-5,15H2,1-2H3,(H,16,17)(H,18,19). The van der Waals surface area contributed by atoms with Crippen molar-refractivity contribution in [1.82, 2.24) is 0 Å². The fourth-order valence-corrected chi connectivity index (χ4v) is 1.72. The van der Waals surface area contributed by atoms with Crippen LogP contribution < -0.4 is 11.1 Å². The Labute approximate surface area is 112 Å². The lowest BCUT2D eigenvalue weighted by molar-refractivity contribution is -0.117. The number of hydrogen-bond donors (Lipinski definition) is 3. The first-order valence-corrected chi connectivity index (χ1v) is 6.36. The number of nitrogens with two attached hydrogens (primary N) is 1. The molecule has 0 fully saturated rings. The molecule has 1 rings (SSSR count). The summed E-state index contributed by atoms with van der Waals surface area (Å²) in [5.74, 6) is -1.29. The molecule has 5 heteroatoms. The summed E-state index contributed by atoms with van der Waals surface area (Å²) in [4.78, 5) is 22.8. The highest BCUT2D eigenvalue weighted by atomic mass is 16.4. The molecule has 0 radical (unpaired) electrons. The molecule has 0 aliphatic carbocycles. The van der Waals surface area contributed by atoms with Crippen LogP contribution in [0.1, 0.15) is 42.1 Å². The number of amides is 1. The van der Waals surface area contributed by atoms with Crippen LogP contribution in [0.2, 0.25) is 0 Å². The van der Waals surface area contributed by atoms with Gasteiger partial charge in [-0.2, -0.15) is 0 Å². The molecule has 0 aliphatic rings. The molecule has 0 aliphatic heterocycles. The lowest BCUT2D eigenvalue weighted by atomic mass is 10.1. The summed E-state index contributed by atoms with van der Waals surface area (Å²) in [5, 5.41) is 11.7. The third-order valence-electron chi connectivity index (χ3n) is 2.94. The first-order chi connectivity index (χ1) is 8.95. The van der Waals surface area contributed by atoms with Gasteiger partial charge >= 0.3 is 5.97 Å². The molecule has 0 saturated carbocycles. The second-order valence-corrected chi connectivity index (χ2v) is 4.57. The van der Waals surface area contributed by atoms with E-state index in [1.54, 1.807) is 19.1 Å². The summed E-state index contributed by atoms with van der Waals surface area (Å²) < 4.78 is 0. The molecule has 1 amide bonds. The molecule has 0 bridgehead atoms. The number of carbonyl (C=O) groups excluding carboxylic acids is 1. The predicted octanol–water partition coefficient (Wildman–Crippen LogP) is 2.15. The Hall–Kier alpha value is -1.88. The van der Waals surface area contributed by atoms with E-state index in [0.717, 1.165) is 12.8 Å². The Kier molecular flexibility index (Phi) is 5.51. The molecule has 0 heterocycles. The van der Waals surface area contributed by atoms with E-state index in [-0.39, 0.29) is 11.5 Å². The van der Waals surface area contributed by atoms with Crippen LogP contribution in [0.25, 0.3) is 0 Å². The molecular weight excluding hydrogens is 244 g/mol. The second kappa shape index (κ2) is 6.89. The number of aromatic carboxylic acids is 1. The first kappa shape index (κ1) is 15.2. The minimum Gasteiger partial charge on any atom is -0.478 e. The molecule has 0 saturated heterocycles. The van der Waals surface area contributed by atoms with Crippen molar-refractivity contribution in [3.8, 4) is 0 Å². The molecule has 1 aromatic carbocycles. The van der Waals surface area contributed by atoms with Gasteiger partial charge in [0.1, 0.15) is 0 Å². The number of hydrogen-bond acceptors (Lipinski definition) is 3. The number of carboxylic acid groups (broad SMARTS) is 1. The molecule has 1 aromatic rings. The number of anilines is 1. The Balaban J connectivity index is 2.74. The molecule has 0 aromatic heterocycles. The lowest BCUT2D eigenvalue weighted by Gasteiger charge is -2.12. The van der Waals surface area contributed by atoms with Crippen molar-refractivity contribution >= 4 is 17.6 Å². The molecule has 0 spiro atoms. The Bertz CT molecular complexity index is 472. The normalized spacial score (nSPS) is 11.9. The van der Waals surface area contributed by atoms with Crippen molar-refractivity contribution in [3.63, 3.8) is 0 Å². The van der Waals surface area contributed by atoms with Crippen LogP contribution in [0.15, 0.2) is 18.2 Å². The van der Waals surface area contributed by atoms with E-state index in [0.29, 0.717) is 17.7 Å². The van der Waals surface area contributed by atoms with Gasteiger partial charge in [0.15, 0.2) is 0 Å². The van der Waals surface area contributed by atoms with Crippen molar-refractivity contribution < 1.29 is 14.7 Å². The SMILES string of the molecule is CCCCC(N)C(=O)Nc1ccc(C)c(C(=O)O)c1. The highest BCUT2D eigenvalue weighted by molar-refractivity contribution is 5.97. The van der Waals surface area contributed by atoms with E-state index in [4.69, 9.17) is 10.8 Å². The van der Waals surface area contributed by atoms with E-state index < -0.39 is 12.0 Å². The number of benzene rings is 1. The van der Waals surface area contributed by atoms with E-state index >= 15 is 0 Å². The summed E-state index contributed by atoms with van der Waals surface area (Å²) in [6.07, 6.45) is 2.50.